The molecule has 0 aliphatic carbocycles. The Hall–Kier alpha value is -2.45. The number of piperidine rings is 1. The Labute approximate surface area is 167 Å². The van der Waals surface area contributed by atoms with Gasteiger partial charge in [0.25, 0.3) is 11.5 Å². The molecule has 0 atom stereocenters. The number of pyridine rings is 1. The number of aromatic nitrogens is 3. The molecule has 2 aliphatic heterocycles. The van der Waals surface area contributed by atoms with Crippen molar-refractivity contribution >= 4 is 23.5 Å². The molecule has 4 heterocycles. The zero-order valence-corrected chi connectivity index (χ0v) is 16.6. The van der Waals surface area contributed by atoms with Crippen LogP contribution in [-0.4, -0.2) is 59.6 Å². The number of nitrogens with zero attached hydrogens (tertiary/aromatic N) is 4. The van der Waals surface area contributed by atoms with Crippen LogP contribution in [0.25, 0.3) is 0 Å². The molecule has 0 unspecified atom stereocenters. The maximum absolute atomic E-state index is 12.8. The van der Waals surface area contributed by atoms with Crippen molar-refractivity contribution in [2.45, 2.75) is 24.9 Å². The smallest absolute Gasteiger partial charge is 0.266 e. The van der Waals surface area contributed by atoms with Crippen molar-refractivity contribution in [3.05, 3.63) is 50.7 Å². The molecule has 2 aromatic heterocycles. The lowest BCUT2D eigenvalue weighted by molar-refractivity contribution is -0.0967. The van der Waals surface area contributed by atoms with E-state index in [2.05, 4.69) is 9.97 Å². The van der Waals surface area contributed by atoms with Crippen molar-refractivity contribution in [3.8, 4) is 0 Å². The van der Waals surface area contributed by atoms with Gasteiger partial charge in [-0.15, -0.1) is 0 Å². The van der Waals surface area contributed by atoms with Crippen molar-refractivity contribution in [1.82, 2.24) is 19.9 Å². The fourth-order valence-electron chi connectivity index (χ4n) is 3.83. The van der Waals surface area contributed by atoms with E-state index in [9.17, 15) is 9.59 Å². The summed E-state index contributed by atoms with van der Waals surface area (Å²) in [5, 5.41) is 0.0109. The SMILES string of the molecule is CN(C)c1ncc2c(n1)C1(CCN(C(=O)c3c[nH]c(=O)c(Cl)c3)CC1)OCC2. The van der Waals surface area contributed by atoms with E-state index in [1.165, 1.54) is 12.3 Å². The summed E-state index contributed by atoms with van der Waals surface area (Å²) >= 11 is 5.86. The third-order valence-electron chi connectivity index (χ3n) is 5.40. The molecule has 2 aromatic rings. The Morgan fingerprint density at radius 2 is 2.11 bits per heavy atom. The molecule has 9 heteroatoms. The molecule has 2 aliphatic rings. The Balaban J connectivity index is 1.56. The topological polar surface area (TPSA) is 91.4 Å². The standard InChI is InChI=1S/C19H22ClN5O3/c1-24(2)18-22-10-12-3-8-28-19(15(12)23-18)4-6-25(7-5-19)17(27)13-9-14(20)16(26)21-11-13/h9-11H,3-8H2,1-2H3,(H,21,26). The van der Waals surface area contributed by atoms with Gasteiger partial charge in [0.2, 0.25) is 5.95 Å². The van der Waals surface area contributed by atoms with Crippen LogP contribution in [0.3, 0.4) is 0 Å². The number of carbonyl (C=O) groups is 1. The van der Waals surface area contributed by atoms with Crippen LogP contribution in [0.4, 0.5) is 5.95 Å². The largest absolute Gasteiger partial charge is 0.368 e. The first kappa shape index (κ1) is 18.9. The normalized spacial score (nSPS) is 18.0. The molecule has 0 saturated carbocycles. The average molecular weight is 404 g/mol. The highest BCUT2D eigenvalue weighted by Gasteiger charge is 2.43. The molecular weight excluding hydrogens is 382 g/mol. The van der Waals surface area contributed by atoms with Crippen LogP contribution in [0, 0.1) is 0 Å². The van der Waals surface area contributed by atoms with Gasteiger partial charge in [0, 0.05) is 39.6 Å². The minimum absolute atomic E-state index is 0.0109. The number of hydrogen-bond acceptors (Lipinski definition) is 6. The molecule has 4 rings (SSSR count). The highest BCUT2D eigenvalue weighted by molar-refractivity contribution is 6.30. The van der Waals surface area contributed by atoms with E-state index in [0.29, 0.717) is 44.0 Å². The Kier molecular flexibility index (Phi) is 4.84. The zero-order valence-electron chi connectivity index (χ0n) is 15.9. The minimum Gasteiger partial charge on any atom is -0.368 e. The lowest BCUT2D eigenvalue weighted by Crippen LogP contribution is -2.49. The van der Waals surface area contributed by atoms with Crippen molar-refractivity contribution in [2.75, 3.05) is 38.7 Å². The van der Waals surface area contributed by atoms with Gasteiger partial charge in [0.1, 0.15) is 10.6 Å². The fourth-order valence-corrected chi connectivity index (χ4v) is 4.00. The van der Waals surface area contributed by atoms with E-state index in [1.54, 1.807) is 4.90 Å². The lowest BCUT2D eigenvalue weighted by Gasteiger charge is -2.44. The molecule has 0 bridgehead atoms. The van der Waals surface area contributed by atoms with Gasteiger partial charge in [-0.3, -0.25) is 9.59 Å². The number of ether oxygens (including phenoxy) is 1. The molecule has 28 heavy (non-hydrogen) atoms. The number of amides is 1. The third-order valence-corrected chi connectivity index (χ3v) is 5.68. The van der Waals surface area contributed by atoms with E-state index in [4.69, 9.17) is 21.3 Å². The molecule has 1 saturated heterocycles. The quantitative estimate of drug-likeness (QED) is 0.818. The average Bonchev–Trinajstić information content (AvgIpc) is 2.70. The van der Waals surface area contributed by atoms with E-state index in [1.807, 2.05) is 25.2 Å². The Morgan fingerprint density at radius 1 is 1.36 bits per heavy atom. The van der Waals surface area contributed by atoms with Crippen LogP contribution >= 0.6 is 11.6 Å². The fraction of sp³-hybridized carbons (Fsp3) is 0.474. The molecule has 0 aromatic carbocycles. The predicted octanol–water partition coefficient (Wildman–Crippen LogP) is 1.59. The van der Waals surface area contributed by atoms with E-state index in [0.717, 1.165) is 17.7 Å². The Bertz CT molecular complexity index is 966. The van der Waals surface area contributed by atoms with Crippen LogP contribution in [0.15, 0.2) is 23.3 Å². The maximum Gasteiger partial charge on any atom is 0.266 e. The summed E-state index contributed by atoms with van der Waals surface area (Å²) in [6.07, 6.45) is 5.41. The first-order valence-corrected chi connectivity index (χ1v) is 9.63. The maximum atomic E-state index is 12.8. The highest BCUT2D eigenvalue weighted by Crippen LogP contribution is 2.41. The summed E-state index contributed by atoms with van der Waals surface area (Å²) in [4.78, 5) is 39.5. The number of likely N-dealkylation sites (tertiary alicyclic amines) is 1. The highest BCUT2D eigenvalue weighted by atomic mass is 35.5. The Morgan fingerprint density at radius 3 is 2.79 bits per heavy atom. The summed E-state index contributed by atoms with van der Waals surface area (Å²) < 4.78 is 6.22. The molecule has 8 nitrogen and oxygen atoms in total. The number of halogens is 1. The van der Waals surface area contributed by atoms with Crippen LogP contribution in [0.2, 0.25) is 5.02 Å². The van der Waals surface area contributed by atoms with Crippen LogP contribution < -0.4 is 10.5 Å². The first-order chi connectivity index (χ1) is 13.4. The van der Waals surface area contributed by atoms with Crippen LogP contribution in [0.1, 0.15) is 34.5 Å². The summed E-state index contributed by atoms with van der Waals surface area (Å²) in [5.74, 6) is 0.505. The van der Waals surface area contributed by atoms with E-state index >= 15 is 0 Å². The van der Waals surface area contributed by atoms with Gasteiger partial charge in [-0.05, 0) is 30.9 Å². The van der Waals surface area contributed by atoms with Crippen LogP contribution in [-0.2, 0) is 16.8 Å². The number of anilines is 1. The first-order valence-electron chi connectivity index (χ1n) is 9.25. The van der Waals surface area contributed by atoms with Gasteiger partial charge in [0.05, 0.1) is 17.9 Å². The molecular formula is C19H22ClN5O3. The number of fused-ring (bicyclic) bond motifs is 2. The van der Waals surface area contributed by atoms with Gasteiger partial charge >= 0.3 is 0 Å². The third kappa shape index (κ3) is 3.27. The molecule has 0 radical (unpaired) electrons. The predicted molar refractivity (Wildman–Crippen MR) is 105 cm³/mol. The monoisotopic (exact) mass is 403 g/mol. The number of H-pyrrole nitrogens is 1. The van der Waals surface area contributed by atoms with Gasteiger partial charge in [-0.25, -0.2) is 9.97 Å². The number of nitrogens with one attached hydrogen (secondary N) is 1. The van der Waals surface area contributed by atoms with E-state index < -0.39 is 11.2 Å². The van der Waals surface area contributed by atoms with Crippen LogP contribution in [0.5, 0.6) is 0 Å². The molecule has 1 amide bonds. The minimum atomic E-state index is -0.485. The molecule has 1 fully saturated rings. The van der Waals surface area contributed by atoms with Gasteiger partial charge in [-0.2, -0.15) is 0 Å². The van der Waals surface area contributed by atoms with E-state index in [-0.39, 0.29) is 10.9 Å². The van der Waals surface area contributed by atoms with Crippen molar-refractivity contribution in [3.63, 3.8) is 0 Å². The molecule has 1 spiro atoms. The second-order valence-electron chi connectivity index (χ2n) is 7.39. The summed E-state index contributed by atoms with van der Waals surface area (Å²) in [7, 11) is 3.82. The zero-order chi connectivity index (χ0) is 19.9. The number of carbonyl (C=O) groups excluding carboxylic acids is 1. The van der Waals surface area contributed by atoms with Crippen molar-refractivity contribution < 1.29 is 9.53 Å². The van der Waals surface area contributed by atoms with Gasteiger partial charge in [-0.1, -0.05) is 11.6 Å². The summed E-state index contributed by atoms with van der Waals surface area (Å²) in [6, 6.07) is 1.41. The lowest BCUT2D eigenvalue weighted by atomic mass is 9.83. The van der Waals surface area contributed by atoms with Crippen molar-refractivity contribution in [1.29, 1.82) is 0 Å². The molecule has 148 valence electrons. The number of aromatic amines is 1. The summed E-state index contributed by atoms with van der Waals surface area (Å²) in [5.41, 5.74) is 1.54. The second kappa shape index (κ2) is 7.18. The van der Waals surface area contributed by atoms with Crippen molar-refractivity contribution in [2.24, 2.45) is 0 Å². The van der Waals surface area contributed by atoms with Gasteiger partial charge < -0.3 is 19.5 Å². The second-order valence-corrected chi connectivity index (χ2v) is 7.80. The molecule has 1 N–H and O–H groups in total. The number of rotatable bonds is 2. The summed E-state index contributed by atoms with van der Waals surface area (Å²) in [6.45, 7) is 1.70. The number of hydrogen-bond donors (Lipinski definition) is 1. The van der Waals surface area contributed by atoms with Gasteiger partial charge in [0.15, 0.2) is 0 Å².